The maximum absolute atomic E-state index is 12.6. The van der Waals surface area contributed by atoms with Crippen LogP contribution in [0, 0.1) is 12.8 Å². The van der Waals surface area contributed by atoms with E-state index in [9.17, 15) is 4.79 Å². The number of carbonyl (C=O) groups excluding carboxylic acids is 1. The predicted octanol–water partition coefficient (Wildman–Crippen LogP) is 2.33. The highest BCUT2D eigenvalue weighted by molar-refractivity contribution is 5.81. The van der Waals surface area contributed by atoms with Crippen LogP contribution in [0.3, 0.4) is 0 Å². The third-order valence-corrected chi connectivity index (χ3v) is 5.45. The fraction of sp³-hybridized carbons (Fsp3) is 0.619. The summed E-state index contributed by atoms with van der Waals surface area (Å²) in [7, 11) is 1.77. The van der Waals surface area contributed by atoms with Crippen LogP contribution >= 0.6 is 0 Å². The van der Waals surface area contributed by atoms with Crippen LogP contribution < -0.4 is 15.4 Å². The van der Waals surface area contributed by atoms with Crippen molar-refractivity contribution in [1.82, 2.24) is 15.5 Å². The van der Waals surface area contributed by atoms with Crippen LogP contribution in [-0.2, 0) is 4.79 Å². The zero-order valence-electron chi connectivity index (χ0n) is 16.5. The lowest BCUT2D eigenvalue weighted by atomic mass is 10.1. The van der Waals surface area contributed by atoms with Crippen LogP contribution in [0.25, 0.3) is 0 Å². The van der Waals surface area contributed by atoms with Crippen molar-refractivity contribution in [3.63, 3.8) is 0 Å². The Morgan fingerprint density at radius 2 is 1.96 bits per heavy atom. The molecule has 0 bridgehead atoms. The zero-order valence-corrected chi connectivity index (χ0v) is 16.5. The van der Waals surface area contributed by atoms with Gasteiger partial charge in [0.2, 0.25) is 5.91 Å². The maximum Gasteiger partial charge on any atom is 0.225 e. The van der Waals surface area contributed by atoms with E-state index in [0.29, 0.717) is 19.1 Å². The van der Waals surface area contributed by atoms with Crippen molar-refractivity contribution in [2.24, 2.45) is 10.9 Å². The number of amides is 1. The number of nitrogens with zero attached hydrogens (tertiary/aromatic N) is 2. The molecular formula is C21H32N4O2. The molecule has 1 saturated heterocycles. The van der Waals surface area contributed by atoms with E-state index in [0.717, 1.165) is 44.1 Å². The number of likely N-dealkylation sites (tertiary alicyclic amines) is 1. The first-order chi connectivity index (χ1) is 13.2. The number of hydrogen-bond acceptors (Lipinski definition) is 3. The summed E-state index contributed by atoms with van der Waals surface area (Å²) >= 11 is 0. The molecule has 1 aliphatic heterocycles. The average molecular weight is 373 g/mol. The van der Waals surface area contributed by atoms with Crippen LogP contribution in [0.4, 0.5) is 0 Å². The lowest BCUT2D eigenvalue weighted by Crippen LogP contribution is -2.46. The summed E-state index contributed by atoms with van der Waals surface area (Å²) in [6.07, 6.45) is 5.51. The van der Waals surface area contributed by atoms with Crippen LogP contribution in [0.1, 0.15) is 37.7 Å². The highest BCUT2D eigenvalue weighted by Crippen LogP contribution is 2.27. The van der Waals surface area contributed by atoms with Crippen molar-refractivity contribution in [2.45, 2.75) is 45.1 Å². The van der Waals surface area contributed by atoms with E-state index in [-0.39, 0.29) is 12.0 Å². The highest BCUT2D eigenvalue weighted by atomic mass is 16.5. The molecule has 1 aromatic rings. The monoisotopic (exact) mass is 372 g/mol. The molecule has 1 amide bonds. The van der Waals surface area contributed by atoms with Crippen molar-refractivity contribution in [2.75, 3.05) is 33.3 Å². The van der Waals surface area contributed by atoms with Gasteiger partial charge in [-0.2, -0.15) is 0 Å². The topological polar surface area (TPSA) is 66.0 Å². The number of hydrogen-bond donors (Lipinski definition) is 2. The molecule has 1 aromatic carbocycles. The molecule has 2 fully saturated rings. The molecule has 1 aliphatic carbocycles. The van der Waals surface area contributed by atoms with E-state index >= 15 is 0 Å². The van der Waals surface area contributed by atoms with Crippen molar-refractivity contribution < 1.29 is 9.53 Å². The molecule has 2 aliphatic rings. The molecular weight excluding hydrogens is 340 g/mol. The summed E-state index contributed by atoms with van der Waals surface area (Å²) in [5.74, 6) is 2.26. The number of ether oxygens (including phenoxy) is 1. The Hall–Kier alpha value is -2.24. The van der Waals surface area contributed by atoms with Gasteiger partial charge in [-0.1, -0.05) is 30.5 Å². The quantitative estimate of drug-likeness (QED) is 0.457. The number of benzene rings is 1. The van der Waals surface area contributed by atoms with E-state index in [4.69, 9.17) is 4.74 Å². The molecule has 0 spiro atoms. The Bertz CT molecular complexity index is 638. The van der Waals surface area contributed by atoms with Gasteiger partial charge in [-0.05, 0) is 38.3 Å². The van der Waals surface area contributed by atoms with Gasteiger partial charge in [0.05, 0.1) is 6.54 Å². The first-order valence-electron chi connectivity index (χ1n) is 10.1. The second-order valence-electron chi connectivity index (χ2n) is 7.56. The zero-order chi connectivity index (χ0) is 19.1. The van der Waals surface area contributed by atoms with Gasteiger partial charge in [-0.25, -0.2) is 0 Å². The van der Waals surface area contributed by atoms with Crippen molar-refractivity contribution in [1.29, 1.82) is 0 Å². The van der Waals surface area contributed by atoms with Gasteiger partial charge in [0, 0.05) is 32.1 Å². The Morgan fingerprint density at radius 1 is 1.22 bits per heavy atom. The van der Waals surface area contributed by atoms with E-state index < -0.39 is 0 Å². The van der Waals surface area contributed by atoms with Crippen molar-refractivity contribution >= 4 is 11.9 Å². The molecule has 148 valence electrons. The lowest BCUT2D eigenvalue weighted by Gasteiger charge is -2.21. The van der Waals surface area contributed by atoms with Crippen LogP contribution in [0.2, 0.25) is 0 Å². The average Bonchev–Trinajstić information content (AvgIpc) is 3.37. The number of aliphatic imine (C=N–C) groups is 1. The van der Waals surface area contributed by atoms with Gasteiger partial charge in [-0.15, -0.1) is 0 Å². The number of carbonyl (C=O) groups is 1. The van der Waals surface area contributed by atoms with Crippen LogP contribution in [0.15, 0.2) is 29.3 Å². The van der Waals surface area contributed by atoms with E-state index in [1.807, 2.05) is 29.2 Å². The lowest BCUT2D eigenvalue weighted by molar-refractivity contribution is -0.134. The summed E-state index contributed by atoms with van der Waals surface area (Å²) in [4.78, 5) is 18.9. The second kappa shape index (κ2) is 9.62. The SMILES string of the molecule is CN=C(NCCOc1ccc(C)cc1)NC1CCN(C(=O)C2CCCC2)C1. The molecule has 3 rings (SSSR count). The first kappa shape index (κ1) is 19.5. The minimum absolute atomic E-state index is 0.263. The molecule has 1 atom stereocenters. The summed E-state index contributed by atoms with van der Waals surface area (Å²) < 4.78 is 5.73. The smallest absolute Gasteiger partial charge is 0.225 e. The normalized spacial score (nSPS) is 20.7. The third-order valence-electron chi connectivity index (χ3n) is 5.45. The molecule has 27 heavy (non-hydrogen) atoms. The van der Waals surface area contributed by atoms with Gasteiger partial charge in [0.15, 0.2) is 5.96 Å². The minimum Gasteiger partial charge on any atom is -0.492 e. The fourth-order valence-electron chi connectivity index (χ4n) is 3.87. The van der Waals surface area contributed by atoms with E-state index in [1.165, 1.54) is 18.4 Å². The molecule has 6 heteroatoms. The number of nitrogens with one attached hydrogen (secondary N) is 2. The molecule has 0 radical (unpaired) electrons. The third kappa shape index (κ3) is 5.62. The predicted molar refractivity (Wildman–Crippen MR) is 108 cm³/mol. The van der Waals surface area contributed by atoms with Crippen molar-refractivity contribution in [3.8, 4) is 5.75 Å². The molecule has 1 heterocycles. The largest absolute Gasteiger partial charge is 0.492 e. The summed E-state index contributed by atoms with van der Waals surface area (Å²) in [5, 5.41) is 6.72. The Kier molecular flexibility index (Phi) is 6.96. The molecule has 1 unspecified atom stereocenters. The number of rotatable bonds is 6. The Balaban J connectivity index is 1.36. The number of aryl methyl sites for hydroxylation is 1. The van der Waals surface area contributed by atoms with E-state index in [2.05, 4.69) is 22.5 Å². The van der Waals surface area contributed by atoms with Gasteiger partial charge < -0.3 is 20.3 Å². The molecule has 0 aromatic heterocycles. The maximum atomic E-state index is 12.6. The summed E-state index contributed by atoms with van der Waals surface area (Å²) in [6, 6.07) is 8.32. The summed E-state index contributed by atoms with van der Waals surface area (Å²) in [5.41, 5.74) is 1.22. The second-order valence-corrected chi connectivity index (χ2v) is 7.56. The summed E-state index contributed by atoms with van der Waals surface area (Å²) in [6.45, 7) is 4.93. The molecule has 2 N–H and O–H groups in total. The van der Waals surface area contributed by atoms with Gasteiger partial charge >= 0.3 is 0 Å². The Morgan fingerprint density at radius 3 is 2.67 bits per heavy atom. The molecule has 6 nitrogen and oxygen atoms in total. The van der Waals surface area contributed by atoms with Gasteiger partial charge in [-0.3, -0.25) is 9.79 Å². The van der Waals surface area contributed by atoms with Gasteiger partial charge in [0.1, 0.15) is 12.4 Å². The molecule has 1 saturated carbocycles. The van der Waals surface area contributed by atoms with Gasteiger partial charge in [0.25, 0.3) is 0 Å². The van der Waals surface area contributed by atoms with Crippen LogP contribution in [0.5, 0.6) is 5.75 Å². The first-order valence-corrected chi connectivity index (χ1v) is 10.1. The Labute approximate surface area is 162 Å². The highest BCUT2D eigenvalue weighted by Gasteiger charge is 2.32. The minimum atomic E-state index is 0.263. The standard InChI is InChI=1S/C21H32N4O2/c1-16-7-9-19(10-8-16)27-14-12-23-21(22-2)24-18-11-13-25(15-18)20(26)17-5-3-4-6-17/h7-10,17-18H,3-6,11-15H2,1-2H3,(H2,22,23,24). The van der Waals surface area contributed by atoms with E-state index in [1.54, 1.807) is 7.05 Å². The van der Waals surface area contributed by atoms with Crippen LogP contribution in [-0.4, -0.2) is 56.1 Å². The number of guanidine groups is 1. The van der Waals surface area contributed by atoms with Crippen molar-refractivity contribution in [3.05, 3.63) is 29.8 Å². The fourth-order valence-corrected chi connectivity index (χ4v) is 3.87.